The number of aromatic nitrogens is 1. The molecule has 0 radical (unpaired) electrons. The molecule has 0 saturated carbocycles. The summed E-state index contributed by atoms with van der Waals surface area (Å²) in [5.74, 6) is 1.02. The molecule has 1 aromatic heterocycles. The van der Waals surface area contributed by atoms with Crippen LogP contribution < -0.4 is 4.90 Å². The minimum atomic E-state index is 0.249. The number of anilines is 1. The molecule has 1 amide bonds. The number of pyridine rings is 1. The van der Waals surface area contributed by atoms with Crippen molar-refractivity contribution in [1.82, 2.24) is 14.8 Å². The highest BCUT2D eigenvalue weighted by Gasteiger charge is 2.23. The standard InChI is InChI=1S/C22H28N4O2/c1-17-6-4-7-18-14-19(16-27)22(23-21(17)18)26-11-5-8-24(12-13-26)15-20(28)25-9-2-3-10-25/h4,6-7,14,16H,2-3,5,8-13,15H2,1H3. The van der Waals surface area contributed by atoms with Gasteiger partial charge in [-0.3, -0.25) is 14.5 Å². The smallest absolute Gasteiger partial charge is 0.236 e. The van der Waals surface area contributed by atoms with Gasteiger partial charge in [0.05, 0.1) is 17.6 Å². The molecule has 2 aliphatic rings. The number of hydrogen-bond donors (Lipinski definition) is 0. The number of aldehydes is 1. The van der Waals surface area contributed by atoms with Crippen molar-refractivity contribution in [3.8, 4) is 0 Å². The predicted octanol–water partition coefficient (Wildman–Crippen LogP) is 2.49. The van der Waals surface area contributed by atoms with Crippen molar-refractivity contribution in [2.24, 2.45) is 0 Å². The van der Waals surface area contributed by atoms with E-state index < -0.39 is 0 Å². The maximum Gasteiger partial charge on any atom is 0.236 e. The fraction of sp³-hybridized carbons (Fsp3) is 0.500. The first-order valence-electron chi connectivity index (χ1n) is 10.3. The molecule has 6 heteroatoms. The highest BCUT2D eigenvalue weighted by atomic mass is 16.2. The number of fused-ring (bicyclic) bond motifs is 1. The third kappa shape index (κ3) is 3.87. The Balaban J connectivity index is 1.50. The molecule has 2 aromatic rings. The number of rotatable bonds is 4. The van der Waals surface area contributed by atoms with Gasteiger partial charge in [-0.05, 0) is 37.8 Å². The van der Waals surface area contributed by atoms with Crippen LogP contribution in [0.3, 0.4) is 0 Å². The second-order valence-corrected chi connectivity index (χ2v) is 7.87. The van der Waals surface area contributed by atoms with E-state index in [9.17, 15) is 9.59 Å². The van der Waals surface area contributed by atoms with Crippen molar-refractivity contribution in [2.45, 2.75) is 26.2 Å². The molecule has 28 heavy (non-hydrogen) atoms. The van der Waals surface area contributed by atoms with E-state index in [1.165, 1.54) is 0 Å². The van der Waals surface area contributed by atoms with Crippen LogP contribution in [0.5, 0.6) is 0 Å². The summed E-state index contributed by atoms with van der Waals surface area (Å²) in [7, 11) is 0. The molecule has 4 rings (SSSR count). The maximum atomic E-state index is 12.5. The second kappa shape index (κ2) is 8.27. The molecule has 1 aromatic carbocycles. The van der Waals surface area contributed by atoms with Crippen LogP contribution in [0.2, 0.25) is 0 Å². The number of hydrogen-bond acceptors (Lipinski definition) is 5. The number of likely N-dealkylation sites (tertiary alicyclic amines) is 1. The van der Waals surface area contributed by atoms with Crippen molar-refractivity contribution in [3.63, 3.8) is 0 Å². The number of carbonyl (C=O) groups is 2. The van der Waals surface area contributed by atoms with Gasteiger partial charge in [0.25, 0.3) is 0 Å². The van der Waals surface area contributed by atoms with Gasteiger partial charge >= 0.3 is 0 Å². The van der Waals surface area contributed by atoms with Crippen molar-refractivity contribution < 1.29 is 9.59 Å². The first-order chi connectivity index (χ1) is 13.7. The van der Waals surface area contributed by atoms with Crippen LogP contribution in [0.1, 0.15) is 35.2 Å². The zero-order valence-electron chi connectivity index (χ0n) is 16.6. The Labute approximate surface area is 166 Å². The first-order valence-corrected chi connectivity index (χ1v) is 10.3. The molecule has 2 saturated heterocycles. The van der Waals surface area contributed by atoms with E-state index in [-0.39, 0.29) is 5.91 Å². The molecule has 2 fully saturated rings. The van der Waals surface area contributed by atoms with E-state index in [1.807, 2.05) is 36.1 Å². The number of amides is 1. The molecule has 2 aliphatic heterocycles. The fourth-order valence-corrected chi connectivity index (χ4v) is 4.29. The Hall–Kier alpha value is -2.47. The molecule has 0 spiro atoms. The Morgan fingerprint density at radius 3 is 2.68 bits per heavy atom. The lowest BCUT2D eigenvalue weighted by atomic mass is 10.1. The van der Waals surface area contributed by atoms with Gasteiger partial charge in [0.2, 0.25) is 5.91 Å². The topological polar surface area (TPSA) is 56.8 Å². The van der Waals surface area contributed by atoms with Crippen LogP contribution in [0.25, 0.3) is 10.9 Å². The molecular weight excluding hydrogens is 352 g/mol. The lowest BCUT2D eigenvalue weighted by Crippen LogP contribution is -2.40. The Kier molecular flexibility index (Phi) is 5.57. The summed E-state index contributed by atoms with van der Waals surface area (Å²) >= 11 is 0. The lowest BCUT2D eigenvalue weighted by molar-refractivity contribution is -0.131. The number of carbonyl (C=O) groups excluding carboxylic acids is 2. The predicted molar refractivity (Wildman–Crippen MR) is 111 cm³/mol. The highest BCUT2D eigenvalue weighted by Crippen LogP contribution is 2.25. The van der Waals surface area contributed by atoms with Crippen LogP contribution in [0, 0.1) is 6.92 Å². The quantitative estimate of drug-likeness (QED) is 0.763. The normalized spacial score (nSPS) is 18.5. The largest absolute Gasteiger partial charge is 0.355 e. The summed E-state index contributed by atoms with van der Waals surface area (Å²) in [6.07, 6.45) is 4.12. The summed E-state index contributed by atoms with van der Waals surface area (Å²) in [5.41, 5.74) is 2.71. The fourth-order valence-electron chi connectivity index (χ4n) is 4.29. The molecule has 6 nitrogen and oxygen atoms in total. The molecule has 3 heterocycles. The van der Waals surface area contributed by atoms with Crippen molar-refractivity contribution >= 4 is 28.9 Å². The molecule has 0 aliphatic carbocycles. The van der Waals surface area contributed by atoms with E-state index in [1.54, 1.807) is 0 Å². The van der Waals surface area contributed by atoms with Crippen LogP contribution in [-0.4, -0.2) is 72.8 Å². The molecule has 148 valence electrons. The van der Waals surface area contributed by atoms with Crippen molar-refractivity contribution in [2.75, 3.05) is 50.7 Å². The average molecular weight is 380 g/mol. The van der Waals surface area contributed by atoms with E-state index >= 15 is 0 Å². The van der Waals surface area contributed by atoms with E-state index in [0.717, 1.165) is 87.1 Å². The van der Waals surface area contributed by atoms with Crippen molar-refractivity contribution in [3.05, 3.63) is 35.4 Å². The average Bonchev–Trinajstić information content (AvgIpc) is 3.15. The molecule has 0 atom stereocenters. The monoisotopic (exact) mass is 380 g/mol. The van der Waals surface area contributed by atoms with Gasteiger partial charge in [-0.2, -0.15) is 0 Å². The second-order valence-electron chi connectivity index (χ2n) is 7.87. The number of aryl methyl sites for hydroxylation is 1. The summed E-state index contributed by atoms with van der Waals surface area (Å²) in [5, 5.41) is 0.999. The van der Waals surface area contributed by atoms with Gasteiger partial charge in [0.15, 0.2) is 6.29 Å². The zero-order valence-corrected chi connectivity index (χ0v) is 16.6. The summed E-state index contributed by atoms with van der Waals surface area (Å²) in [4.78, 5) is 35.5. The van der Waals surface area contributed by atoms with Gasteiger partial charge in [0, 0.05) is 44.7 Å². The molecule has 0 unspecified atom stereocenters. The Bertz CT molecular complexity index is 876. The maximum absolute atomic E-state index is 12.5. The van der Waals surface area contributed by atoms with E-state index in [2.05, 4.69) is 9.80 Å². The van der Waals surface area contributed by atoms with Gasteiger partial charge in [-0.25, -0.2) is 4.98 Å². The summed E-state index contributed by atoms with van der Waals surface area (Å²) in [6, 6.07) is 7.99. The Morgan fingerprint density at radius 1 is 1.07 bits per heavy atom. The van der Waals surface area contributed by atoms with Crippen LogP contribution in [0.4, 0.5) is 5.82 Å². The number of benzene rings is 1. The minimum Gasteiger partial charge on any atom is -0.355 e. The van der Waals surface area contributed by atoms with Crippen molar-refractivity contribution in [1.29, 1.82) is 0 Å². The molecular formula is C22H28N4O2. The lowest BCUT2D eigenvalue weighted by Gasteiger charge is -2.25. The summed E-state index contributed by atoms with van der Waals surface area (Å²) < 4.78 is 0. The zero-order chi connectivity index (χ0) is 19.5. The highest BCUT2D eigenvalue weighted by molar-refractivity contribution is 5.93. The summed E-state index contributed by atoms with van der Waals surface area (Å²) in [6.45, 7) is 7.69. The van der Waals surface area contributed by atoms with Crippen LogP contribution in [-0.2, 0) is 4.79 Å². The third-order valence-electron chi connectivity index (χ3n) is 5.89. The van der Waals surface area contributed by atoms with Gasteiger partial charge in [-0.15, -0.1) is 0 Å². The van der Waals surface area contributed by atoms with Gasteiger partial charge in [-0.1, -0.05) is 18.2 Å². The van der Waals surface area contributed by atoms with Crippen LogP contribution in [0.15, 0.2) is 24.3 Å². The molecule has 0 N–H and O–H groups in total. The van der Waals surface area contributed by atoms with Gasteiger partial charge in [0.1, 0.15) is 5.82 Å². The molecule has 0 bridgehead atoms. The minimum absolute atomic E-state index is 0.249. The SMILES string of the molecule is Cc1cccc2cc(C=O)c(N3CCCN(CC(=O)N4CCCC4)CC3)nc12. The number of nitrogens with zero attached hydrogens (tertiary/aromatic N) is 4. The number of para-hydroxylation sites is 1. The van der Waals surface area contributed by atoms with E-state index in [4.69, 9.17) is 4.98 Å². The van der Waals surface area contributed by atoms with Crippen LogP contribution >= 0.6 is 0 Å². The van der Waals surface area contributed by atoms with Gasteiger partial charge < -0.3 is 9.80 Å². The Morgan fingerprint density at radius 2 is 1.89 bits per heavy atom. The third-order valence-corrected chi connectivity index (χ3v) is 5.89. The van der Waals surface area contributed by atoms with E-state index in [0.29, 0.717) is 12.1 Å². The first kappa shape index (κ1) is 18.9.